The highest BCUT2D eigenvalue weighted by molar-refractivity contribution is 5.95. The Kier molecular flexibility index (Phi) is 5.56. The molecule has 2 saturated heterocycles. The number of carbonyl (C=O) groups excluding carboxylic acids is 3. The molecule has 2 aromatic carbocycles. The highest BCUT2D eigenvalue weighted by Crippen LogP contribution is 2.27. The number of anilines is 2. The molecule has 2 aliphatic rings. The van der Waals surface area contributed by atoms with Crippen molar-refractivity contribution in [3.8, 4) is 0 Å². The lowest BCUT2D eigenvalue weighted by atomic mass is 10.2. The van der Waals surface area contributed by atoms with Crippen LogP contribution in [0.1, 0.15) is 12.5 Å². The first-order valence-electron chi connectivity index (χ1n) is 9.94. The van der Waals surface area contributed by atoms with Crippen LogP contribution in [0.25, 0.3) is 0 Å². The Labute approximate surface area is 175 Å². The van der Waals surface area contributed by atoms with Crippen molar-refractivity contribution in [3.05, 3.63) is 60.2 Å². The summed E-state index contributed by atoms with van der Waals surface area (Å²) in [5, 5.41) is 2.66. The smallest absolute Gasteiger partial charge is 0.414 e. The predicted molar refractivity (Wildman–Crippen MR) is 112 cm³/mol. The number of carbonyl (C=O) groups is 3. The van der Waals surface area contributed by atoms with Gasteiger partial charge in [-0.1, -0.05) is 30.3 Å². The minimum Gasteiger partial charge on any atom is -0.442 e. The molecule has 0 aromatic heterocycles. The molecule has 2 heterocycles. The molecule has 0 spiro atoms. The van der Waals surface area contributed by atoms with Crippen LogP contribution >= 0.6 is 0 Å². The Hall–Kier alpha value is -3.55. The number of nitrogens with zero attached hydrogens (tertiary/aromatic N) is 3. The van der Waals surface area contributed by atoms with Gasteiger partial charge in [-0.2, -0.15) is 0 Å². The van der Waals surface area contributed by atoms with Crippen molar-refractivity contribution in [2.45, 2.75) is 19.6 Å². The van der Waals surface area contributed by atoms with Crippen LogP contribution in [0.4, 0.5) is 21.0 Å². The van der Waals surface area contributed by atoms with E-state index in [-0.39, 0.29) is 24.6 Å². The summed E-state index contributed by atoms with van der Waals surface area (Å²) >= 11 is 0. The number of ether oxygens (including phenoxy) is 1. The van der Waals surface area contributed by atoms with Gasteiger partial charge in [0.1, 0.15) is 6.10 Å². The van der Waals surface area contributed by atoms with Gasteiger partial charge in [-0.15, -0.1) is 0 Å². The molecule has 4 rings (SSSR count). The number of urea groups is 1. The number of benzene rings is 2. The molecular formula is C22H24N4O4. The van der Waals surface area contributed by atoms with Crippen LogP contribution in [0.2, 0.25) is 0 Å². The van der Waals surface area contributed by atoms with Crippen molar-refractivity contribution >= 4 is 29.4 Å². The summed E-state index contributed by atoms with van der Waals surface area (Å²) in [7, 11) is 0. The van der Waals surface area contributed by atoms with E-state index in [1.807, 2.05) is 59.5 Å². The molecule has 0 aliphatic carbocycles. The predicted octanol–water partition coefficient (Wildman–Crippen LogP) is 2.59. The maximum Gasteiger partial charge on any atom is 0.414 e. The molecular weight excluding hydrogens is 384 g/mol. The molecule has 30 heavy (non-hydrogen) atoms. The topological polar surface area (TPSA) is 82.2 Å². The van der Waals surface area contributed by atoms with E-state index in [4.69, 9.17) is 4.74 Å². The fourth-order valence-corrected chi connectivity index (χ4v) is 3.68. The van der Waals surface area contributed by atoms with Crippen molar-refractivity contribution in [2.24, 2.45) is 0 Å². The Morgan fingerprint density at radius 3 is 2.33 bits per heavy atom. The Bertz CT molecular complexity index is 932. The van der Waals surface area contributed by atoms with Crippen LogP contribution in [-0.2, 0) is 16.1 Å². The average molecular weight is 408 g/mol. The average Bonchev–Trinajstić information content (AvgIpc) is 3.30. The lowest BCUT2D eigenvalue weighted by Crippen LogP contribution is -2.33. The number of rotatable bonds is 6. The third-order valence-electron chi connectivity index (χ3n) is 5.24. The normalized spacial score (nSPS) is 18.7. The van der Waals surface area contributed by atoms with Gasteiger partial charge in [-0.25, -0.2) is 9.59 Å². The molecule has 0 radical (unpaired) electrons. The molecule has 156 valence electrons. The van der Waals surface area contributed by atoms with Gasteiger partial charge < -0.3 is 15.0 Å². The molecule has 2 fully saturated rings. The SMILES string of the molecule is CC(=O)NCC1CN(c2ccc(N3CCN(Cc4ccccc4)C3=O)cc2)C(=O)O1. The Morgan fingerprint density at radius 2 is 1.67 bits per heavy atom. The number of hydrogen-bond acceptors (Lipinski definition) is 4. The van der Waals surface area contributed by atoms with E-state index in [0.717, 1.165) is 11.3 Å². The number of amides is 4. The summed E-state index contributed by atoms with van der Waals surface area (Å²) in [6.07, 6.45) is -0.822. The molecule has 0 bridgehead atoms. The van der Waals surface area contributed by atoms with Crippen LogP contribution < -0.4 is 15.1 Å². The van der Waals surface area contributed by atoms with E-state index in [0.29, 0.717) is 31.9 Å². The van der Waals surface area contributed by atoms with Gasteiger partial charge in [0, 0.05) is 37.9 Å². The fourth-order valence-electron chi connectivity index (χ4n) is 3.68. The highest BCUT2D eigenvalue weighted by Gasteiger charge is 2.33. The number of nitrogens with one attached hydrogen (secondary N) is 1. The van der Waals surface area contributed by atoms with E-state index in [9.17, 15) is 14.4 Å². The quantitative estimate of drug-likeness (QED) is 0.797. The van der Waals surface area contributed by atoms with E-state index in [2.05, 4.69) is 5.32 Å². The van der Waals surface area contributed by atoms with Gasteiger partial charge in [-0.05, 0) is 29.8 Å². The zero-order chi connectivity index (χ0) is 21.1. The van der Waals surface area contributed by atoms with E-state index >= 15 is 0 Å². The van der Waals surface area contributed by atoms with Gasteiger partial charge >= 0.3 is 12.1 Å². The zero-order valence-corrected chi connectivity index (χ0v) is 16.8. The Morgan fingerprint density at radius 1 is 1.00 bits per heavy atom. The molecule has 1 unspecified atom stereocenters. The first-order chi connectivity index (χ1) is 14.5. The minimum absolute atomic E-state index is 0.0254. The number of hydrogen-bond donors (Lipinski definition) is 1. The second-order valence-corrected chi connectivity index (χ2v) is 7.41. The van der Waals surface area contributed by atoms with Crippen LogP contribution in [0.5, 0.6) is 0 Å². The Balaban J connectivity index is 1.38. The molecule has 1 atom stereocenters. The lowest BCUT2D eigenvalue weighted by molar-refractivity contribution is -0.119. The first kappa shape index (κ1) is 19.8. The summed E-state index contributed by atoms with van der Waals surface area (Å²) in [4.78, 5) is 41.1. The maximum atomic E-state index is 12.8. The molecule has 1 N–H and O–H groups in total. The van der Waals surface area contributed by atoms with Gasteiger partial charge in [-0.3, -0.25) is 14.6 Å². The molecule has 8 heteroatoms. The van der Waals surface area contributed by atoms with Crippen LogP contribution in [0, 0.1) is 0 Å². The lowest BCUT2D eigenvalue weighted by Gasteiger charge is -2.20. The van der Waals surface area contributed by atoms with Gasteiger partial charge in [0.2, 0.25) is 5.91 Å². The van der Waals surface area contributed by atoms with Crippen molar-refractivity contribution in [1.82, 2.24) is 10.2 Å². The van der Waals surface area contributed by atoms with Crippen LogP contribution in [0.15, 0.2) is 54.6 Å². The van der Waals surface area contributed by atoms with Crippen molar-refractivity contribution in [3.63, 3.8) is 0 Å². The van der Waals surface area contributed by atoms with Crippen molar-refractivity contribution < 1.29 is 19.1 Å². The highest BCUT2D eigenvalue weighted by atomic mass is 16.6. The third kappa shape index (κ3) is 4.22. The molecule has 4 amide bonds. The standard InChI is InChI=1S/C22H24N4O4/c1-16(27)23-13-20-15-26(22(29)30-20)19-9-7-18(8-10-19)25-12-11-24(21(25)28)14-17-5-3-2-4-6-17/h2-10,20H,11-15H2,1H3,(H,23,27). The van der Waals surface area contributed by atoms with Crippen molar-refractivity contribution in [1.29, 1.82) is 0 Å². The second kappa shape index (κ2) is 8.44. The second-order valence-electron chi connectivity index (χ2n) is 7.41. The van der Waals surface area contributed by atoms with Crippen molar-refractivity contribution in [2.75, 3.05) is 36.0 Å². The number of cyclic esters (lactones) is 1. The van der Waals surface area contributed by atoms with Crippen LogP contribution in [-0.4, -0.2) is 55.2 Å². The summed E-state index contributed by atoms with van der Waals surface area (Å²) in [5.41, 5.74) is 2.59. The van der Waals surface area contributed by atoms with Gasteiger partial charge in [0.05, 0.1) is 13.1 Å². The summed E-state index contributed by atoms with van der Waals surface area (Å²) in [6.45, 7) is 3.95. The van der Waals surface area contributed by atoms with Crippen LogP contribution in [0.3, 0.4) is 0 Å². The van der Waals surface area contributed by atoms with Gasteiger partial charge in [0.15, 0.2) is 0 Å². The largest absolute Gasteiger partial charge is 0.442 e. The van der Waals surface area contributed by atoms with Gasteiger partial charge in [0.25, 0.3) is 0 Å². The summed E-state index contributed by atoms with van der Waals surface area (Å²) in [6, 6.07) is 17.2. The molecule has 2 aromatic rings. The maximum absolute atomic E-state index is 12.8. The monoisotopic (exact) mass is 408 g/mol. The first-order valence-corrected chi connectivity index (χ1v) is 9.94. The summed E-state index contributed by atoms with van der Waals surface area (Å²) in [5.74, 6) is -0.162. The summed E-state index contributed by atoms with van der Waals surface area (Å²) < 4.78 is 5.30. The van der Waals surface area contributed by atoms with E-state index in [1.54, 1.807) is 4.90 Å². The third-order valence-corrected chi connectivity index (χ3v) is 5.24. The van der Waals surface area contributed by atoms with E-state index < -0.39 is 6.09 Å². The minimum atomic E-state index is -0.440. The molecule has 8 nitrogen and oxygen atoms in total. The molecule has 2 aliphatic heterocycles. The zero-order valence-electron chi connectivity index (χ0n) is 16.8. The fraction of sp³-hybridized carbons (Fsp3) is 0.318. The molecule has 0 saturated carbocycles. The van der Waals surface area contributed by atoms with E-state index in [1.165, 1.54) is 11.8 Å².